The van der Waals surface area contributed by atoms with Gasteiger partial charge >= 0.3 is 0 Å². The standard InChI is InChI=1S/C42H45N/c1-5-32(3)33-17-25-40(26-18-33)43(4)41-27-19-37(20-28-41)36-15-23-39(24-16-36)42(29-7-6-8-30-42)38-21-13-35(14-22-38)34-11-9-31(2)10-12-34/h9-28,32H,5-8,29-30H2,1-4H3. The Morgan fingerprint density at radius 3 is 1.40 bits per heavy atom. The average Bonchev–Trinajstić information content (AvgIpc) is 3.08. The summed E-state index contributed by atoms with van der Waals surface area (Å²) in [7, 11) is 2.15. The van der Waals surface area contributed by atoms with Crippen molar-refractivity contribution >= 4 is 11.4 Å². The Hall–Kier alpha value is -4.10. The van der Waals surface area contributed by atoms with Crippen molar-refractivity contribution in [2.75, 3.05) is 11.9 Å². The summed E-state index contributed by atoms with van der Waals surface area (Å²) in [6.07, 6.45) is 7.52. The lowest BCUT2D eigenvalue weighted by Crippen LogP contribution is -2.30. The fourth-order valence-corrected chi connectivity index (χ4v) is 6.90. The zero-order chi connectivity index (χ0) is 29.8. The molecule has 0 saturated heterocycles. The molecule has 0 heterocycles. The van der Waals surface area contributed by atoms with Crippen molar-refractivity contribution in [1.82, 2.24) is 0 Å². The Balaban J connectivity index is 1.21. The molecular formula is C42H45N. The van der Waals surface area contributed by atoms with Crippen LogP contribution in [-0.4, -0.2) is 7.05 Å². The van der Waals surface area contributed by atoms with Gasteiger partial charge in [-0.2, -0.15) is 0 Å². The van der Waals surface area contributed by atoms with Gasteiger partial charge in [-0.15, -0.1) is 0 Å². The highest BCUT2D eigenvalue weighted by Gasteiger charge is 2.35. The van der Waals surface area contributed by atoms with Gasteiger partial charge in [0.2, 0.25) is 0 Å². The van der Waals surface area contributed by atoms with Gasteiger partial charge in [-0.05, 0) is 95.3 Å². The van der Waals surface area contributed by atoms with Crippen LogP contribution in [0.1, 0.15) is 80.5 Å². The second-order valence-corrected chi connectivity index (χ2v) is 12.7. The first-order valence-electron chi connectivity index (χ1n) is 16.2. The van der Waals surface area contributed by atoms with E-state index in [-0.39, 0.29) is 5.41 Å². The largest absolute Gasteiger partial charge is 0.345 e. The zero-order valence-electron chi connectivity index (χ0n) is 26.3. The van der Waals surface area contributed by atoms with Crippen molar-refractivity contribution in [3.05, 3.63) is 144 Å². The van der Waals surface area contributed by atoms with E-state index in [1.165, 1.54) is 94.4 Å². The van der Waals surface area contributed by atoms with Crippen molar-refractivity contribution in [3.8, 4) is 22.3 Å². The molecular weight excluding hydrogens is 518 g/mol. The number of hydrogen-bond donors (Lipinski definition) is 0. The number of aryl methyl sites for hydroxylation is 1. The Morgan fingerprint density at radius 2 is 0.953 bits per heavy atom. The second-order valence-electron chi connectivity index (χ2n) is 12.7. The van der Waals surface area contributed by atoms with E-state index in [1.807, 2.05) is 0 Å². The Morgan fingerprint density at radius 1 is 0.558 bits per heavy atom. The van der Waals surface area contributed by atoms with E-state index >= 15 is 0 Å². The van der Waals surface area contributed by atoms with E-state index in [0.717, 1.165) is 0 Å². The highest BCUT2D eigenvalue weighted by Crippen LogP contribution is 2.45. The molecule has 1 atom stereocenters. The molecule has 5 aromatic rings. The summed E-state index contributed by atoms with van der Waals surface area (Å²) in [5.41, 5.74) is 13.3. The van der Waals surface area contributed by atoms with Crippen LogP contribution in [0.15, 0.2) is 121 Å². The topological polar surface area (TPSA) is 3.24 Å². The summed E-state index contributed by atoms with van der Waals surface area (Å²) in [5, 5.41) is 0. The molecule has 1 heteroatoms. The van der Waals surface area contributed by atoms with Crippen LogP contribution >= 0.6 is 0 Å². The molecule has 1 aliphatic rings. The summed E-state index contributed by atoms with van der Waals surface area (Å²) in [6, 6.07) is 45.8. The molecule has 0 N–H and O–H groups in total. The number of nitrogens with zero attached hydrogens (tertiary/aromatic N) is 1. The van der Waals surface area contributed by atoms with Crippen LogP contribution in [0.25, 0.3) is 22.3 Å². The molecule has 1 unspecified atom stereocenters. The van der Waals surface area contributed by atoms with Gasteiger partial charge in [0, 0.05) is 23.8 Å². The number of benzene rings is 5. The Kier molecular flexibility index (Phi) is 8.52. The number of hydrogen-bond acceptors (Lipinski definition) is 1. The SMILES string of the molecule is CCC(C)c1ccc(N(C)c2ccc(-c3ccc(C4(c5ccc(-c6ccc(C)cc6)cc5)CCCCC4)cc3)cc2)cc1. The highest BCUT2D eigenvalue weighted by atomic mass is 15.1. The van der Waals surface area contributed by atoms with Crippen LogP contribution in [0, 0.1) is 6.92 Å². The highest BCUT2D eigenvalue weighted by molar-refractivity contribution is 5.70. The van der Waals surface area contributed by atoms with Crippen LogP contribution in [0.4, 0.5) is 11.4 Å². The van der Waals surface area contributed by atoms with Gasteiger partial charge in [0.15, 0.2) is 0 Å². The van der Waals surface area contributed by atoms with Crippen molar-refractivity contribution < 1.29 is 0 Å². The summed E-state index contributed by atoms with van der Waals surface area (Å²) in [4.78, 5) is 2.27. The molecule has 0 aromatic heterocycles. The number of rotatable bonds is 8. The fourth-order valence-electron chi connectivity index (χ4n) is 6.90. The Labute approximate surface area is 259 Å². The second kappa shape index (κ2) is 12.6. The minimum absolute atomic E-state index is 0.0969. The fraction of sp³-hybridized carbons (Fsp3) is 0.286. The molecule has 0 spiro atoms. The predicted molar refractivity (Wildman–Crippen MR) is 186 cm³/mol. The van der Waals surface area contributed by atoms with Crippen LogP contribution in [0.5, 0.6) is 0 Å². The van der Waals surface area contributed by atoms with Gasteiger partial charge in [0.25, 0.3) is 0 Å². The molecule has 1 fully saturated rings. The van der Waals surface area contributed by atoms with Crippen molar-refractivity contribution in [3.63, 3.8) is 0 Å². The van der Waals surface area contributed by atoms with Gasteiger partial charge in [0.05, 0.1) is 0 Å². The first-order valence-corrected chi connectivity index (χ1v) is 16.2. The normalized spacial score (nSPS) is 15.2. The minimum atomic E-state index is 0.0969. The van der Waals surface area contributed by atoms with E-state index in [4.69, 9.17) is 0 Å². The van der Waals surface area contributed by atoms with Gasteiger partial charge in [-0.1, -0.05) is 136 Å². The smallest absolute Gasteiger partial charge is 0.0408 e. The van der Waals surface area contributed by atoms with E-state index in [1.54, 1.807) is 0 Å². The summed E-state index contributed by atoms with van der Waals surface area (Å²) in [6.45, 7) is 6.69. The van der Waals surface area contributed by atoms with Crippen LogP contribution in [0.2, 0.25) is 0 Å². The molecule has 6 rings (SSSR count). The summed E-state index contributed by atoms with van der Waals surface area (Å²) >= 11 is 0. The van der Waals surface area contributed by atoms with Crippen LogP contribution < -0.4 is 4.90 Å². The van der Waals surface area contributed by atoms with Crippen LogP contribution in [-0.2, 0) is 5.41 Å². The van der Waals surface area contributed by atoms with E-state index in [2.05, 4.69) is 154 Å². The maximum absolute atomic E-state index is 2.40. The van der Waals surface area contributed by atoms with Crippen molar-refractivity contribution in [1.29, 1.82) is 0 Å². The molecule has 1 saturated carbocycles. The Bertz CT molecular complexity index is 1600. The molecule has 1 nitrogen and oxygen atoms in total. The molecule has 0 amide bonds. The zero-order valence-corrected chi connectivity index (χ0v) is 26.3. The first-order chi connectivity index (χ1) is 21.0. The predicted octanol–water partition coefficient (Wildman–Crippen LogP) is 11.9. The lowest BCUT2D eigenvalue weighted by atomic mass is 9.65. The third-order valence-corrected chi connectivity index (χ3v) is 10.0. The van der Waals surface area contributed by atoms with Crippen molar-refractivity contribution in [2.45, 2.75) is 70.6 Å². The molecule has 1 aliphatic carbocycles. The van der Waals surface area contributed by atoms with Gasteiger partial charge in [0.1, 0.15) is 0 Å². The molecule has 218 valence electrons. The maximum Gasteiger partial charge on any atom is 0.0408 e. The summed E-state index contributed by atoms with van der Waals surface area (Å²) < 4.78 is 0. The molecule has 0 radical (unpaired) electrons. The van der Waals surface area contributed by atoms with Gasteiger partial charge in [-0.3, -0.25) is 0 Å². The first kappa shape index (κ1) is 29.0. The average molecular weight is 564 g/mol. The third kappa shape index (κ3) is 6.04. The number of anilines is 2. The van der Waals surface area contributed by atoms with E-state index < -0.39 is 0 Å². The van der Waals surface area contributed by atoms with Gasteiger partial charge in [-0.25, -0.2) is 0 Å². The minimum Gasteiger partial charge on any atom is -0.345 e. The lowest BCUT2D eigenvalue weighted by molar-refractivity contribution is 0.346. The monoisotopic (exact) mass is 563 g/mol. The van der Waals surface area contributed by atoms with E-state index in [0.29, 0.717) is 5.92 Å². The van der Waals surface area contributed by atoms with Crippen LogP contribution in [0.3, 0.4) is 0 Å². The molecule has 0 bridgehead atoms. The lowest BCUT2D eigenvalue weighted by Gasteiger charge is -2.39. The summed E-state index contributed by atoms with van der Waals surface area (Å²) in [5.74, 6) is 0.600. The molecule has 0 aliphatic heterocycles. The molecule has 5 aromatic carbocycles. The maximum atomic E-state index is 2.40. The van der Waals surface area contributed by atoms with Gasteiger partial charge < -0.3 is 4.90 Å². The molecule has 43 heavy (non-hydrogen) atoms. The quantitative estimate of drug-likeness (QED) is 0.181. The van der Waals surface area contributed by atoms with E-state index in [9.17, 15) is 0 Å². The third-order valence-electron chi connectivity index (χ3n) is 10.0. The van der Waals surface area contributed by atoms with Crippen molar-refractivity contribution in [2.24, 2.45) is 0 Å².